The Hall–Kier alpha value is -2.66. The van der Waals surface area contributed by atoms with Crippen molar-refractivity contribution in [3.8, 4) is 5.75 Å². The molecule has 1 atom stereocenters. The quantitative estimate of drug-likeness (QED) is 0.553. The van der Waals surface area contributed by atoms with E-state index in [-0.39, 0.29) is 23.3 Å². The second-order valence-corrected chi connectivity index (χ2v) is 6.97. The molecule has 5 heteroatoms. The first-order chi connectivity index (χ1) is 12.7. The van der Waals surface area contributed by atoms with Crippen molar-refractivity contribution in [2.24, 2.45) is 0 Å². The lowest BCUT2D eigenvalue weighted by atomic mass is 9.89. The Morgan fingerprint density at radius 3 is 2.15 bits per heavy atom. The van der Waals surface area contributed by atoms with Gasteiger partial charge in [-0.1, -0.05) is 19.9 Å². The second kappa shape index (κ2) is 8.35. The van der Waals surface area contributed by atoms with Gasteiger partial charge in [0.05, 0.1) is 0 Å². The van der Waals surface area contributed by atoms with Gasteiger partial charge in [0.2, 0.25) is 0 Å². The van der Waals surface area contributed by atoms with Crippen LogP contribution in [0.4, 0.5) is 0 Å². The molecule has 0 heterocycles. The van der Waals surface area contributed by atoms with Crippen molar-refractivity contribution >= 4 is 11.8 Å². The molecule has 0 saturated heterocycles. The minimum atomic E-state index is -1.47. The molecular weight excluding hydrogens is 344 g/mol. The molecule has 5 nitrogen and oxygen atoms in total. The number of hydrogen-bond donors (Lipinski definition) is 2. The maximum atomic E-state index is 11.8. The van der Waals surface area contributed by atoms with E-state index in [0.717, 1.165) is 27.8 Å². The number of carboxylic acids is 1. The highest BCUT2D eigenvalue weighted by Crippen LogP contribution is 2.35. The van der Waals surface area contributed by atoms with Crippen molar-refractivity contribution in [1.29, 1.82) is 0 Å². The number of benzene rings is 2. The molecule has 0 fully saturated rings. The fraction of sp³-hybridized carbons (Fsp3) is 0.364. The highest BCUT2D eigenvalue weighted by molar-refractivity contribution is 6.39. The predicted molar refractivity (Wildman–Crippen MR) is 104 cm³/mol. The number of ketones is 1. The van der Waals surface area contributed by atoms with Crippen LogP contribution in [0.25, 0.3) is 0 Å². The number of phenolic OH excluding ortho intramolecular Hbond substituents is 1. The van der Waals surface area contributed by atoms with Gasteiger partial charge in [-0.25, -0.2) is 4.79 Å². The number of hydrogen-bond acceptors (Lipinski definition) is 4. The van der Waals surface area contributed by atoms with Gasteiger partial charge >= 0.3 is 5.97 Å². The molecule has 27 heavy (non-hydrogen) atoms. The first-order valence-corrected chi connectivity index (χ1v) is 9.00. The number of Topliss-reactive ketones (excluding diaryl/α,β-unsaturated/α-hetero) is 1. The average molecular weight is 370 g/mol. The number of carbonyl (C=O) groups excluding carboxylic acids is 1. The summed E-state index contributed by atoms with van der Waals surface area (Å²) < 4.78 is 6.02. The molecule has 0 spiro atoms. The third-order valence-corrected chi connectivity index (χ3v) is 4.62. The van der Waals surface area contributed by atoms with Crippen LogP contribution in [0, 0.1) is 13.8 Å². The van der Waals surface area contributed by atoms with Crippen molar-refractivity contribution in [3.05, 3.63) is 63.7 Å². The first-order valence-electron chi connectivity index (χ1n) is 9.00. The Morgan fingerprint density at radius 1 is 1.07 bits per heavy atom. The third kappa shape index (κ3) is 4.37. The van der Waals surface area contributed by atoms with Gasteiger partial charge in [-0.2, -0.15) is 0 Å². The molecule has 0 saturated carbocycles. The van der Waals surface area contributed by atoms with Gasteiger partial charge in [0, 0.05) is 12.2 Å². The Balaban J connectivity index is 2.59. The van der Waals surface area contributed by atoms with Crippen molar-refractivity contribution in [2.45, 2.75) is 46.6 Å². The van der Waals surface area contributed by atoms with E-state index in [9.17, 15) is 14.7 Å². The van der Waals surface area contributed by atoms with Crippen molar-refractivity contribution in [3.63, 3.8) is 0 Å². The summed E-state index contributed by atoms with van der Waals surface area (Å²) in [7, 11) is 0. The van der Waals surface area contributed by atoms with Crippen LogP contribution >= 0.6 is 0 Å². The van der Waals surface area contributed by atoms with Crippen LogP contribution < -0.4 is 0 Å². The highest BCUT2D eigenvalue weighted by atomic mass is 16.5. The molecular formula is C22H26O5. The molecule has 2 aromatic rings. The first kappa shape index (κ1) is 20.6. The van der Waals surface area contributed by atoms with Gasteiger partial charge in [-0.3, -0.25) is 4.79 Å². The van der Waals surface area contributed by atoms with Crippen LogP contribution in [0.1, 0.15) is 71.0 Å². The van der Waals surface area contributed by atoms with Crippen LogP contribution in [-0.4, -0.2) is 28.6 Å². The molecule has 0 amide bonds. The zero-order valence-corrected chi connectivity index (χ0v) is 16.4. The summed E-state index contributed by atoms with van der Waals surface area (Å²) in [5.74, 6) is -1.99. The predicted octanol–water partition coefficient (Wildman–Crippen LogP) is 4.53. The smallest absolute Gasteiger partial charge is 0.377 e. The summed E-state index contributed by atoms with van der Waals surface area (Å²) >= 11 is 0. The average Bonchev–Trinajstić information content (AvgIpc) is 2.59. The number of rotatable bonds is 7. The van der Waals surface area contributed by atoms with Gasteiger partial charge in [0.15, 0.2) is 0 Å². The Labute approximate surface area is 159 Å². The van der Waals surface area contributed by atoms with E-state index in [2.05, 4.69) is 0 Å². The Kier molecular flexibility index (Phi) is 6.39. The number of phenols is 1. The summed E-state index contributed by atoms with van der Waals surface area (Å²) in [6, 6.07) is 8.62. The molecule has 144 valence electrons. The van der Waals surface area contributed by atoms with E-state index in [1.807, 2.05) is 46.8 Å². The number of aliphatic carboxylic acids is 1. The van der Waals surface area contributed by atoms with Crippen LogP contribution in [0.5, 0.6) is 5.75 Å². The lowest BCUT2D eigenvalue weighted by Gasteiger charge is -2.24. The van der Waals surface area contributed by atoms with Crippen molar-refractivity contribution < 1.29 is 24.5 Å². The molecule has 1 unspecified atom stereocenters. The zero-order chi connectivity index (χ0) is 20.3. The SMILES string of the molecule is CCOC(c1ccc(O)c(C(C)C)c1)c1c(C)cc(C(=O)C(=O)O)cc1C. The number of carbonyl (C=O) groups is 2. The van der Waals surface area contributed by atoms with E-state index in [1.54, 1.807) is 18.2 Å². The molecule has 2 aromatic carbocycles. The normalized spacial score (nSPS) is 12.2. The highest BCUT2D eigenvalue weighted by Gasteiger charge is 2.23. The lowest BCUT2D eigenvalue weighted by Crippen LogP contribution is -2.15. The second-order valence-electron chi connectivity index (χ2n) is 6.97. The fourth-order valence-corrected chi connectivity index (χ4v) is 3.35. The standard InChI is InChI=1S/C22H26O5/c1-6-27-21(15-7-8-18(23)17(11-15)12(2)3)19-13(4)9-16(10-14(19)5)20(24)22(25)26/h7-12,21,23H,6H2,1-5H3,(H,25,26). The number of aryl methyl sites for hydroxylation is 2. The van der Waals surface area contributed by atoms with Crippen LogP contribution in [-0.2, 0) is 9.53 Å². The summed E-state index contributed by atoms with van der Waals surface area (Å²) in [6.45, 7) is 10.1. The van der Waals surface area contributed by atoms with E-state index in [1.165, 1.54) is 0 Å². The van der Waals surface area contributed by atoms with E-state index < -0.39 is 11.8 Å². The van der Waals surface area contributed by atoms with Crippen LogP contribution in [0.2, 0.25) is 0 Å². The van der Waals surface area contributed by atoms with Crippen molar-refractivity contribution in [1.82, 2.24) is 0 Å². The van der Waals surface area contributed by atoms with E-state index in [0.29, 0.717) is 6.61 Å². The molecule has 0 aliphatic carbocycles. The van der Waals surface area contributed by atoms with Gasteiger partial charge < -0.3 is 14.9 Å². The number of ether oxygens (including phenoxy) is 1. The molecule has 0 radical (unpaired) electrons. The lowest BCUT2D eigenvalue weighted by molar-refractivity contribution is -0.131. The summed E-state index contributed by atoms with van der Waals surface area (Å²) in [6.07, 6.45) is -0.373. The Morgan fingerprint density at radius 2 is 1.67 bits per heavy atom. The van der Waals surface area contributed by atoms with Crippen LogP contribution in [0.3, 0.4) is 0 Å². The largest absolute Gasteiger partial charge is 0.508 e. The maximum absolute atomic E-state index is 11.8. The summed E-state index contributed by atoms with van der Waals surface area (Å²) in [5, 5.41) is 19.1. The van der Waals surface area contributed by atoms with E-state index in [4.69, 9.17) is 9.84 Å². The topological polar surface area (TPSA) is 83.8 Å². The number of aromatic hydroxyl groups is 1. The summed E-state index contributed by atoms with van der Waals surface area (Å²) in [5.41, 5.74) is 4.38. The Bertz CT molecular complexity index is 844. The molecule has 2 rings (SSSR count). The molecule has 0 aromatic heterocycles. The number of carboxylic acid groups (broad SMARTS) is 1. The molecule has 0 bridgehead atoms. The van der Waals surface area contributed by atoms with Crippen LogP contribution in [0.15, 0.2) is 30.3 Å². The van der Waals surface area contributed by atoms with Gasteiger partial charge in [-0.05, 0) is 78.8 Å². The van der Waals surface area contributed by atoms with Gasteiger partial charge in [0.1, 0.15) is 11.9 Å². The van der Waals surface area contributed by atoms with Gasteiger partial charge in [-0.15, -0.1) is 0 Å². The third-order valence-electron chi connectivity index (χ3n) is 4.62. The zero-order valence-electron chi connectivity index (χ0n) is 16.4. The minimum absolute atomic E-state index is 0.157. The minimum Gasteiger partial charge on any atom is -0.508 e. The van der Waals surface area contributed by atoms with Crippen molar-refractivity contribution in [2.75, 3.05) is 6.61 Å². The summed E-state index contributed by atoms with van der Waals surface area (Å²) in [4.78, 5) is 22.8. The maximum Gasteiger partial charge on any atom is 0.377 e. The molecule has 2 N–H and O–H groups in total. The molecule has 0 aliphatic heterocycles. The monoisotopic (exact) mass is 370 g/mol. The fourth-order valence-electron chi connectivity index (χ4n) is 3.35. The van der Waals surface area contributed by atoms with Gasteiger partial charge in [0.25, 0.3) is 5.78 Å². The molecule has 0 aliphatic rings. The van der Waals surface area contributed by atoms with E-state index >= 15 is 0 Å².